The molecule has 1 rings (SSSR count). The van der Waals surface area contributed by atoms with Gasteiger partial charge in [0.15, 0.2) is 0 Å². The van der Waals surface area contributed by atoms with E-state index < -0.39 is 5.97 Å². The number of carboxylic acid groups (broad SMARTS) is 1. The zero-order chi connectivity index (χ0) is 11.8. The summed E-state index contributed by atoms with van der Waals surface area (Å²) in [6.07, 6.45) is 4.84. The zero-order valence-electron chi connectivity index (χ0n) is 9.44. The number of rotatable bonds is 6. The van der Waals surface area contributed by atoms with E-state index in [0.29, 0.717) is 6.42 Å². The Morgan fingerprint density at radius 3 is 3.00 bits per heavy atom. The molecule has 0 aliphatic carbocycles. The number of hydrogen-bond donors (Lipinski definition) is 2. The van der Waals surface area contributed by atoms with E-state index in [4.69, 9.17) is 5.11 Å². The summed E-state index contributed by atoms with van der Waals surface area (Å²) in [4.78, 5) is 10.4. The molecular formula is C13H17NO2. The molecule has 3 nitrogen and oxygen atoms in total. The Balaban J connectivity index is 2.60. The maximum absolute atomic E-state index is 10.4. The summed E-state index contributed by atoms with van der Waals surface area (Å²) in [7, 11) is 1.90. The first-order valence-corrected chi connectivity index (χ1v) is 5.34. The highest BCUT2D eigenvalue weighted by atomic mass is 16.4. The van der Waals surface area contributed by atoms with E-state index in [1.165, 1.54) is 0 Å². The van der Waals surface area contributed by atoms with Crippen LogP contribution in [0.15, 0.2) is 30.3 Å². The Kier molecular flexibility index (Phi) is 5.29. The number of likely N-dealkylation sites (N-methyl/N-ethyl adjacent to an activating group) is 1. The van der Waals surface area contributed by atoms with E-state index in [2.05, 4.69) is 5.32 Å². The fraction of sp³-hybridized carbons (Fsp3) is 0.308. The zero-order valence-corrected chi connectivity index (χ0v) is 9.44. The second kappa shape index (κ2) is 6.80. The topological polar surface area (TPSA) is 49.3 Å². The molecule has 0 bridgehead atoms. The van der Waals surface area contributed by atoms with Crippen molar-refractivity contribution in [2.45, 2.75) is 12.8 Å². The van der Waals surface area contributed by atoms with Crippen molar-refractivity contribution in [1.29, 1.82) is 0 Å². The Morgan fingerprint density at radius 1 is 1.50 bits per heavy atom. The summed E-state index contributed by atoms with van der Waals surface area (Å²) >= 11 is 0. The summed E-state index contributed by atoms with van der Waals surface area (Å²) in [5.74, 6) is -0.754. The highest BCUT2D eigenvalue weighted by Crippen LogP contribution is 2.09. The van der Waals surface area contributed by atoms with Crippen molar-refractivity contribution < 1.29 is 9.90 Å². The molecule has 0 spiro atoms. The van der Waals surface area contributed by atoms with Gasteiger partial charge >= 0.3 is 5.97 Å². The highest BCUT2D eigenvalue weighted by molar-refractivity contribution is 5.67. The first kappa shape index (κ1) is 12.5. The van der Waals surface area contributed by atoms with Crippen molar-refractivity contribution in [3.05, 3.63) is 41.5 Å². The minimum absolute atomic E-state index is 0.184. The van der Waals surface area contributed by atoms with Gasteiger partial charge in [0.1, 0.15) is 0 Å². The van der Waals surface area contributed by atoms with Gasteiger partial charge in [-0.3, -0.25) is 4.79 Å². The standard InChI is InChI=1S/C13H17NO2/c1-14-9-3-6-11-4-2-5-12(10-11)7-8-13(15)16/h2-6,10,14H,7-9H2,1H3,(H,15,16). The van der Waals surface area contributed by atoms with Crippen molar-refractivity contribution in [2.24, 2.45) is 0 Å². The third kappa shape index (κ3) is 4.75. The van der Waals surface area contributed by atoms with Crippen LogP contribution >= 0.6 is 0 Å². The third-order valence-corrected chi connectivity index (χ3v) is 2.21. The lowest BCUT2D eigenvalue weighted by atomic mass is 10.1. The lowest BCUT2D eigenvalue weighted by Crippen LogP contribution is -2.03. The van der Waals surface area contributed by atoms with E-state index in [9.17, 15) is 4.79 Å². The van der Waals surface area contributed by atoms with E-state index in [-0.39, 0.29) is 6.42 Å². The van der Waals surface area contributed by atoms with Gasteiger partial charge in [-0.05, 0) is 24.6 Å². The predicted octanol–water partition coefficient (Wildman–Crippen LogP) is 1.94. The quantitative estimate of drug-likeness (QED) is 0.768. The van der Waals surface area contributed by atoms with Crippen LogP contribution in [0.1, 0.15) is 17.5 Å². The average molecular weight is 219 g/mol. The minimum Gasteiger partial charge on any atom is -0.481 e. The van der Waals surface area contributed by atoms with Crippen LogP contribution in [0, 0.1) is 0 Å². The number of benzene rings is 1. The third-order valence-electron chi connectivity index (χ3n) is 2.21. The summed E-state index contributed by atoms with van der Waals surface area (Å²) in [5, 5.41) is 11.6. The molecule has 1 aromatic carbocycles. The summed E-state index contributed by atoms with van der Waals surface area (Å²) < 4.78 is 0. The SMILES string of the molecule is CNCC=Cc1cccc(CCC(=O)O)c1. The molecule has 0 aliphatic heterocycles. The molecule has 0 fully saturated rings. The van der Waals surface area contributed by atoms with Crippen LogP contribution in [0.4, 0.5) is 0 Å². The van der Waals surface area contributed by atoms with Crippen molar-refractivity contribution >= 4 is 12.0 Å². The monoisotopic (exact) mass is 219 g/mol. The van der Waals surface area contributed by atoms with Gasteiger partial charge in [0, 0.05) is 13.0 Å². The molecule has 0 atom stereocenters. The van der Waals surface area contributed by atoms with Crippen LogP contribution in [0.25, 0.3) is 6.08 Å². The van der Waals surface area contributed by atoms with Crippen molar-refractivity contribution in [3.8, 4) is 0 Å². The smallest absolute Gasteiger partial charge is 0.303 e. The fourth-order valence-electron chi connectivity index (χ4n) is 1.42. The van der Waals surface area contributed by atoms with Gasteiger partial charge in [-0.15, -0.1) is 0 Å². The first-order chi connectivity index (χ1) is 7.72. The van der Waals surface area contributed by atoms with Crippen LogP contribution in [-0.2, 0) is 11.2 Å². The molecule has 0 aliphatic rings. The number of carboxylic acids is 1. The van der Waals surface area contributed by atoms with Gasteiger partial charge in [0.05, 0.1) is 0 Å². The van der Waals surface area contributed by atoms with Crippen molar-refractivity contribution in [1.82, 2.24) is 5.32 Å². The molecule has 0 saturated carbocycles. The van der Waals surface area contributed by atoms with E-state index in [1.54, 1.807) is 0 Å². The number of aryl methyl sites for hydroxylation is 1. The van der Waals surface area contributed by atoms with Crippen LogP contribution < -0.4 is 5.32 Å². The van der Waals surface area contributed by atoms with Gasteiger partial charge in [0.2, 0.25) is 0 Å². The van der Waals surface area contributed by atoms with Gasteiger partial charge < -0.3 is 10.4 Å². The molecule has 2 N–H and O–H groups in total. The van der Waals surface area contributed by atoms with Crippen LogP contribution in [0.5, 0.6) is 0 Å². The van der Waals surface area contributed by atoms with Crippen LogP contribution in [-0.4, -0.2) is 24.7 Å². The van der Waals surface area contributed by atoms with Crippen LogP contribution in [0.2, 0.25) is 0 Å². The molecule has 0 radical (unpaired) electrons. The average Bonchev–Trinajstić information content (AvgIpc) is 2.27. The van der Waals surface area contributed by atoms with Crippen molar-refractivity contribution in [2.75, 3.05) is 13.6 Å². The van der Waals surface area contributed by atoms with Crippen molar-refractivity contribution in [3.63, 3.8) is 0 Å². The summed E-state index contributed by atoms with van der Waals surface area (Å²) in [6.45, 7) is 0.833. The largest absolute Gasteiger partial charge is 0.481 e. The lowest BCUT2D eigenvalue weighted by molar-refractivity contribution is -0.136. The Hall–Kier alpha value is -1.61. The van der Waals surface area contributed by atoms with Gasteiger partial charge in [0.25, 0.3) is 0 Å². The lowest BCUT2D eigenvalue weighted by Gasteiger charge is -2.00. The molecular weight excluding hydrogens is 202 g/mol. The molecule has 86 valence electrons. The Bertz CT molecular complexity index is 372. The van der Waals surface area contributed by atoms with E-state index in [1.807, 2.05) is 43.5 Å². The Labute approximate surface area is 95.8 Å². The van der Waals surface area contributed by atoms with Gasteiger partial charge in [-0.2, -0.15) is 0 Å². The minimum atomic E-state index is -0.754. The second-order valence-corrected chi connectivity index (χ2v) is 3.60. The molecule has 0 heterocycles. The number of carbonyl (C=O) groups is 1. The van der Waals surface area contributed by atoms with Gasteiger partial charge in [-0.1, -0.05) is 36.4 Å². The molecule has 0 aromatic heterocycles. The number of aliphatic carboxylic acids is 1. The molecule has 0 unspecified atom stereocenters. The highest BCUT2D eigenvalue weighted by Gasteiger charge is 1.98. The molecule has 1 aromatic rings. The normalized spacial score (nSPS) is 10.8. The summed E-state index contributed by atoms with van der Waals surface area (Å²) in [5.41, 5.74) is 2.17. The Morgan fingerprint density at radius 2 is 2.31 bits per heavy atom. The van der Waals surface area contributed by atoms with Gasteiger partial charge in [-0.25, -0.2) is 0 Å². The van der Waals surface area contributed by atoms with E-state index in [0.717, 1.165) is 17.7 Å². The van der Waals surface area contributed by atoms with Crippen LogP contribution in [0.3, 0.4) is 0 Å². The number of hydrogen-bond acceptors (Lipinski definition) is 2. The first-order valence-electron chi connectivity index (χ1n) is 5.34. The molecule has 3 heteroatoms. The second-order valence-electron chi connectivity index (χ2n) is 3.60. The summed E-state index contributed by atoms with van der Waals surface area (Å²) in [6, 6.07) is 7.94. The maximum Gasteiger partial charge on any atom is 0.303 e. The fourth-order valence-corrected chi connectivity index (χ4v) is 1.42. The maximum atomic E-state index is 10.4. The molecule has 16 heavy (non-hydrogen) atoms. The molecule has 0 amide bonds. The molecule has 0 saturated heterocycles. The predicted molar refractivity (Wildman–Crippen MR) is 65.4 cm³/mol. The van der Waals surface area contributed by atoms with E-state index >= 15 is 0 Å². The number of nitrogens with one attached hydrogen (secondary N) is 1.